The van der Waals surface area contributed by atoms with Gasteiger partial charge in [-0.3, -0.25) is 18.3 Å². The van der Waals surface area contributed by atoms with Crippen molar-refractivity contribution in [2.75, 3.05) is 12.3 Å². The number of benzene rings is 9. The van der Waals surface area contributed by atoms with Crippen LogP contribution in [0.5, 0.6) is 23.0 Å². The van der Waals surface area contributed by atoms with Crippen LogP contribution in [0.25, 0.3) is 44.5 Å². The SMILES string of the molecule is O=P1(CCCCCCP2(=O)Oc3ccccc3-c3ccccc32)Oc2ccccc2-c2ccccc21.O=P1(Cc2ccc(CP3(=O)Oc4ccccc4-c4ccccc43)cc2)Oc2ccccc2-c2ccccc21. The van der Waals surface area contributed by atoms with Crippen molar-refractivity contribution in [3.63, 3.8) is 0 Å². The van der Waals surface area contributed by atoms with Crippen molar-refractivity contribution in [2.24, 2.45) is 0 Å². The first kappa shape index (κ1) is 48.1. The highest BCUT2D eigenvalue weighted by atomic mass is 31.2. The lowest BCUT2D eigenvalue weighted by Gasteiger charge is -2.29. The van der Waals surface area contributed by atoms with Gasteiger partial charge in [-0.1, -0.05) is 183 Å². The molecule has 4 unspecified atom stereocenters. The zero-order chi connectivity index (χ0) is 50.3. The molecule has 9 aromatic carbocycles. The Bertz CT molecular complexity index is 3570. The van der Waals surface area contributed by atoms with Gasteiger partial charge in [-0.15, -0.1) is 0 Å². The summed E-state index contributed by atoms with van der Waals surface area (Å²) in [6.45, 7) is 0. The smallest absolute Gasteiger partial charge is 0.282 e. The van der Waals surface area contributed by atoms with Crippen molar-refractivity contribution in [3.05, 3.63) is 230 Å². The Morgan fingerprint density at radius 1 is 0.243 bits per heavy atom. The molecule has 13 rings (SSSR count). The molecule has 0 spiro atoms. The van der Waals surface area contributed by atoms with Crippen molar-refractivity contribution in [1.82, 2.24) is 0 Å². The summed E-state index contributed by atoms with van der Waals surface area (Å²) in [5, 5.41) is 3.13. The van der Waals surface area contributed by atoms with Crippen LogP contribution in [-0.2, 0) is 30.6 Å². The van der Waals surface area contributed by atoms with Crippen LogP contribution in [0, 0.1) is 0 Å². The van der Waals surface area contributed by atoms with Gasteiger partial charge >= 0.3 is 0 Å². The van der Waals surface area contributed by atoms with Crippen molar-refractivity contribution < 1.29 is 36.4 Å². The van der Waals surface area contributed by atoms with Gasteiger partial charge in [-0.05, 0) is 94.8 Å². The zero-order valence-corrected chi connectivity index (χ0v) is 44.1. The molecule has 4 aliphatic rings. The number of para-hydroxylation sites is 4. The standard InChI is InChI=1S/C32H24O4P2.C30H28O4P2/c33-37(31-15-7-3-11-27(31)25-9-1-5-13-29(25)35-37)21-23-17-19-24(20-18-23)22-38(34)32-16-8-4-12-28(32)26-10-2-6-14-30(26)36-38;31-35(29-19-9-5-15-25(29)23-13-3-7-17-27(23)33-35)21-11-1-2-12-22-36(32)30-20-10-6-16-26(30)24-14-4-8-18-28(24)34-36/h1-20H,21-22H2;3-10,13-20H,1-2,11-12,21-22H2. The molecule has 4 heterocycles. The third-order valence-corrected chi connectivity index (χ3v) is 24.1. The number of rotatable bonds is 11. The molecule has 4 aliphatic heterocycles. The van der Waals surface area contributed by atoms with E-state index in [0.29, 0.717) is 35.3 Å². The van der Waals surface area contributed by atoms with Crippen molar-refractivity contribution >= 4 is 50.7 Å². The van der Waals surface area contributed by atoms with Crippen molar-refractivity contribution in [2.45, 2.75) is 38.0 Å². The second kappa shape index (κ2) is 19.7. The highest BCUT2D eigenvalue weighted by Gasteiger charge is 2.39. The zero-order valence-electron chi connectivity index (χ0n) is 40.5. The highest BCUT2D eigenvalue weighted by Crippen LogP contribution is 2.60. The molecule has 0 aromatic heterocycles. The summed E-state index contributed by atoms with van der Waals surface area (Å²) in [6, 6.07) is 70.2. The molecule has 74 heavy (non-hydrogen) atoms. The van der Waals surface area contributed by atoms with Crippen molar-refractivity contribution in [1.29, 1.82) is 0 Å². The molecule has 4 atom stereocenters. The second-order valence-electron chi connectivity index (χ2n) is 19.1. The van der Waals surface area contributed by atoms with E-state index >= 15 is 0 Å². The first-order valence-electron chi connectivity index (χ1n) is 25.1. The van der Waals surface area contributed by atoms with E-state index in [4.69, 9.17) is 18.1 Å². The molecule has 0 saturated heterocycles. The van der Waals surface area contributed by atoms with Crippen LogP contribution >= 0.6 is 29.5 Å². The first-order chi connectivity index (χ1) is 36.1. The maximum Gasteiger partial charge on any atom is 0.282 e. The average molecular weight is 1050 g/mol. The Kier molecular flexibility index (Phi) is 12.8. The highest BCUT2D eigenvalue weighted by molar-refractivity contribution is 7.68. The van der Waals surface area contributed by atoms with Crippen LogP contribution in [0.3, 0.4) is 0 Å². The molecule has 0 saturated carbocycles. The summed E-state index contributed by atoms with van der Waals surface area (Å²) < 4.78 is 80.9. The minimum Gasteiger partial charge on any atom is -0.439 e. The van der Waals surface area contributed by atoms with Crippen LogP contribution in [0.1, 0.15) is 36.8 Å². The van der Waals surface area contributed by atoms with Gasteiger partial charge in [0.05, 0.1) is 33.5 Å². The fraction of sp³-hybridized carbons (Fsp3) is 0.129. The normalized spacial score (nSPS) is 20.9. The fourth-order valence-corrected chi connectivity index (χ4v) is 20.3. The van der Waals surface area contributed by atoms with E-state index in [1.807, 2.05) is 218 Å². The Morgan fingerprint density at radius 3 is 0.770 bits per heavy atom. The lowest BCUT2D eigenvalue weighted by molar-refractivity contribution is 0.483. The lowest BCUT2D eigenvalue weighted by atomic mass is 10.0. The fourth-order valence-electron chi connectivity index (χ4n) is 10.7. The Balaban J connectivity index is 0.000000150. The molecule has 9 aromatic rings. The average Bonchev–Trinajstić information content (AvgIpc) is 3.43. The minimum atomic E-state index is -3.18. The molecule has 0 radical (unpaired) electrons. The minimum absolute atomic E-state index is 0.281. The third kappa shape index (κ3) is 9.03. The van der Waals surface area contributed by atoms with E-state index in [1.165, 1.54) is 0 Å². The molecule has 0 bridgehead atoms. The predicted molar refractivity (Wildman–Crippen MR) is 301 cm³/mol. The molecule has 8 nitrogen and oxygen atoms in total. The summed E-state index contributed by atoms with van der Waals surface area (Å²) in [7, 11) is -12.3. The molecule has 0 amide bonds. The summed E-state index contributed by atoms with van der Waals surface area (Å²) in [6.07, 6.45) is 4.94. The van der Waals surface area contributed by atoms with E-state index in [-0.39, 0.29) is 12.3 Å². The van der Waals surface area contributed by atoms with Gasteiger partial charge in [0.1, 0.15) is 23.0 Å². The molecule has 0 fully saturated rings. The molecule has 0 N–H and O–H groups in total. The summed E-state index contributed by atoms with van der Waals surface area (Å²) in [5.41, 5.74) is 9.66. The van der Waals surface area contributed by atoms with E-state index in [0.717, 1.165) is 103 Å². The quantitative estimate of drug-likeness (QED) is 0.0932. The summed E-state index contributed by atoms with van der Waals surface area (Å²) in [5.74, 6) is 2.70. The maximum absolute atomic E-state index is 14.2. The number of fused-ring (bicyclic) bond motifs is 12. The number of hydrogen-bond acceptors (Lipinski definition) is 8. The topological polar surface area (TPSA) is 105 Å². The lowest BCUT2D eigenvalue weighted by Crippen LogP contribution is -2.20. The molecular formula is C62H52O8P4. The third-order valence-electron chi connectivity index (χ3n) is 14.2. The largest absolute Gasteiger partial charge is 0.439 e. The van der Waals surface area contributed by atoms with E-state index in [9.17, 15) is 18.3 Å². The maximum atomic E-state index is 14.2. The van der Waals surface area contributed by atoms with Crippen molar-refractivity contribution in [3.8, 4) is 67.5 Å². The number of unbranched alkanes of at least 4 members (excludes halogenated alkanes) is 3. The Morgan fingerprint density at radius 2 is 0.473 bits per heavy atom. The van der Waals surface area contributed by atoms with Crippen LogP contribution < -0.4 is 39.3 Å². The van der Waals surface area contributed by atoms with Crippen LogP contribution in [0.2, 0.25) is 0 Å². The van der Waals surface area contributed by atoms with E-state index in [2.05, 4.69) is 0 Å². The Labute approximate surface area is 432 Å². The van der Waals surface area contributed by atoms with Crippen LogP contribution in [0.4, 0.5) is 0 Å². The predicted octanol–water partition coefficient (Wildman–Crippen LogP) is 15.9. The molecular weight excluding hydrogens is 997 g/mol. The monoisotopic (exact) mass is 1050 g/mol. The molecule has 368 valence electrons. The Hall–Kier alpha value is -6.90. The van der Waals surface area contributed by atoms with E-state index in [1.54, 1.807) is 0 Å². The second-order valence-corrected chi connectivity index (χ2v) is 28.7. The van der Waals surface area contributed by atoms with Gasteiger partial charge in [0.25, 0.3) is 29.5 Å². The van der Waals surface area contributed by atoms with Gasteiger partial charge in [0.2, 0.25) is 0 Å². The number of hydrogen-bond donors (Lipinski definition) is 0. The van der Waals surface area contributed by atoms with Gasteiger partial charge in [-0.25, -0.2) is 0 Å². The van der Waals surface area contributed by atoms with Gasteiger partial charge < -0.3 is 18.1 Å². The molecule has 0 aliphatic carbocycles. The van der Waals surface area contributed by atoms with Gasteiger partial charge in [-0.2, -0.15) is 0 Å². The van der Waals surface area contributed by atoms with Gasteiger partial charge in [0.15, 0.2) is 0 Å². The van der Waals surface area contributed by atoms with Gasteiger partial charge in [0, 0.05) is 34.6 Å². The van der Waals surface area contributed by atoms with E-state index < -0.39 is 29.5 Å². The van der Waals surface area contributed by atoms with Crippen LogP contribution in [-0.4, -0.2) is 12.3 Å². The van der Waals surface area contributed by atoms with Crippen LogP contribution in [0.15, 0.2) is 218 Å². The summed E-state index contributed by atoms with van der Waals surface area (Å²) >= 11 is 0. The summed E-state index contributed by atoms with van der Waals surface area (Å²) in [4.78, 5) is 0. The first-order valence-corrected chi connectivity index (χ1v) is 32.3. The molecule has 12 heteroatoms.